The highest BCUT2D eigenvalue weighted by molar-refractivity contribution is 14.1. The maximum Gasteiger partial charge on any atom is 0.156 e. The van der Waals surface area contributed by atoms with Gasteiger partial charge in [-0.1, -0.05) is 49.4 Å². The lowest BCUT2D eigenvalue weighted by Gasteiger charge is -2.13. The average Bonchev–Trinajstić information content (AvgIpc) is 3.09. The predicted molar refractivity (Wildman–Crippen MR) is 114 cm³/mol. The van der Waals surface area contributed by atoms with Crippen LogP contribution in [0.15, 0.2) is 60.7 Å². The SMILES string of the molecule is CCc1cc(OCc2ccccc2)ccc1-c1ccc2c(I)n[nH]c2c1F. The molecule has 3 aromatic carbocycles. The molecule has 0 atom stereocenters. The molecule has 0 saturated carbocycles. The van der Waals surface area contributed by atoms with Crippen molar-refractivity contribution in [3.8, 4) is 16.9 Å². The van der Waals surface area contributed by atoms with Crippen molar-refractivity contribution >= 4 is 33.5 Å². The summed E-state index contributed by atoms with van der Waals surface area (Å²) in [5.74, 6) is 0.521. The molecule has 3 nitrogen and oxygen atoms in total. The second-order valence-electron chi connectivity index (χ2n) is 6.31. The Labute approximate surface area is 170 Å². The first-order valence-corrected chi connectivity index (χ1v) is 9.87. The molecule has 4 aromatic rings. The van der Waals surface area contributed by atoms with Gasteiger partial charge in [0, 0.05) is 10.9 Å². The molecule has 4 rings (SSSR count). The number of nitrogens with one attached hydrogen (secondary N) is 1. The number of aromatic nitrogens is 2. The molecule has 27 heavy (non-hydrogen) atoms. The van der Waals surface area contributed by atoms with Gasteiger partial charge < -0.3 is 4.74 Å². The number of fused-ring (bicyclic) bond motifs is 1. The Morgan fingerprint density at radius 3 is 2.59 bits per heavy atom. The van der Waals surface area contributed by atoms with Gasteiger partial charge in [0.2, 0.25) is 0 Å². The smallest absolute Gasteiger partial charge is 0.156 e. The van der Waals surface area contributed by atoms with Crippen LogP contribution < -0.4 is 4.74 Å². The minimum atomic E-state index is -0.268. The molecule has 0 amide bonds. The van der Waals surface area contributed by atoms with Gasteiger partial charge >= 0.3 is 0 Å². The molecule has 0 spiro atoms. The summed E-state index contributed by atoms with van der Waals surface area (Å²) in [5.41, 5.74) is 4.07. The van der Waals surface area contributed by atoms with Crippen molar-refractivity contribution in [1.29, 1.82) is 0 Å². The van der Waals surface area contributed by atoms with Crippen molar-refractivity contribution in [2.75, 3.05) is 0 Å². The van der Waals surface area contributed by atoms with Gasteiger partial charge in [-0.3, -0.25) is 5.10 Å². The standard InChI is InChI=1S/C22H18FIN2O/c1-2-15-12-16(27-13-14-6-4-3-5-7-14)8-9-17(15)18-10-11-19-21(20(18)23)25-26-22(19)24/h3-12H,2,13H2,1H3,(H,25,26). The third-order valence-corrected chi connectivity index (χ3v) is 5.45. The lowest BCUT2D eigenvalue weighted by Crippen LogP contribution is -1.97. The molecule has 0 unspecified atom stereocenters. The van der Waals surface area contributed by atoms with Gasteiger partial charge in [-0.25, -0.2) is 4.39 Å². The Kier molecular flexibility index (Phi) is 5.11. The van der Waals surface area contributed by atoms with Crippen LogP contribution in [0.25, 0.3) is 22.0 Å². The summed E-state index contributed by atoms with van der Waals surface area (Å²) in [7, 11) is 0. The van der Waals surface area contributed by atoms with Crippen molar-refractivity contribution in [1.82, 2.24) is 10.2 Å². The van der Waals surface area contributed by atoms with Gasteiger partial charge in [-0.2, -0.15) is 5.10 Å². The van der Waals surface area contributed by atoms with E-state index < -0.39 is 0 Å². The van der Waals surface area contributed by atoms with E-state index in [1.165, 1.54) is 0 Å². The van der Waals surface area contributed by atoms with Crippen LogP contribution in [0, 0.1) is 9.52 Å². The number of halogens is 2. The molecule has 0 aliphatic rings. The van der Waals surface area contributed by atoms with Gasteiger partial charge in [0.1, 0.15) is 21.6 Å². The van der Waals surface area contributed by atoms with Crippen LogP contribution in [0.5, 0.6) is 5.75 Å². The number of aryl methyl sites for hydroxylation is 1. The molecule has 1 aromatic heterocycles. The van der Waals surface area contributed by atoms with Gasteiger partial charge in [0.15, 0.2) is 5.82 Å². The lowest BCUT2D eigenvalue weighted by molar-refractivity contribution is 0.306. The van der Waals surface area contributed by atoms with Crippen molar-refractivity contribution in [2.45, 2.75) is 20.0 Å². The number of aromatic amines is 1. The molecule has 0 radical (unpaired) electrons. The Morgan fingerprint density at radius 2 is 1.81 bits per heavy atom. The highest BCUT2D eigenvalue weighted by atomic mass is 127. The van der Waals surface area contributed by atoms with Crippen LogP contribution in [0.2, 0.25) is 0 Å². The number of nitrogens with zero attached hydrogens (tertiary/aromatic N) is 1. The number of H-pyrrole nitrogens is 1. The van der Waals surface area contributed by atoms with Crippen molar-refractivity contribution in [3.05, 3.63) is 81.3 Å². The third-order valence-electron chi connectivity index (χ3n) is 4.63. The summed E-state index contributed by atoms with van der Waals surface area (Å²) < 4.78 is 21.7. The average molecular weight is 472 g/mol. The van der Waals surface area contributed by atoms with E-state index in [1.807, 2.05) is 60.7 Å². The van der Waals surface area contributed by atoms with Crippen LogP contribution in [-0.4, -0.2) is 10.2 Å². The minimum absolute atomic E-state index is 0.268. The van der Waals surface area contributed by atoms with E-state index in [9.17, 15) is 0 Å². The first kappa shape index (κ1) is 18.0. The van der Waals surface area contributed by atoms with Crippen LogP contribution in [0.4, 0.5) is 4.39 Å². The topological polar surface area (TPSA) is 37.9 Å². The second-order valence-corrected chi connectivity index (χ2v) is 7.33. The Balaban J connectivity index is 1.66. The zero-order valence-electron chi connectivity index (χ0n) is 14.8. The summed E-state index contributed by atoms with van der Waals surface area (Å²) in [6.07, 6.45) is 0.788. The van der Waals surface area contributed by atoms with Gasteiger partial charge in [0.05, 0.1) is 0 Å². The molecular weight excluding hydrogens is 454 g/mol. The summed E-state index contributed by atoms with van der Waals surface area (Å²) in [5, 5.41) is 7.70. The lowest BCUT2D eigenvalue weighted by atomic mass is 9.96. The Hall–Kier alpha value is -2.41. The van der Waals surface area contributed by atoms with Gasteiger partial charge in [-0.15, -0.1) is 0 Å². The fourth-order valence-electron chi connectivity index (χ4n) is 3.19. The minimum Gasteiger partial charge on any atom is -0.489 e. The molecule has 0 bridgehead atoms. The number of hydrogen-bond donors (Lipinski definition) is 1. The maximum absolute atomic E-state index is 15.0. The monoisotopic (exact) mass is 472 g/mol. The highest BCUT2D eigenvalue weighted by Gasteiger charge is 2.16. The van der Waals surface area contributed by atoms with Crippen LogP contribution >= 0.6 is 22.6 Å². The van der Waals surface area contributed by atoms with Crippen molar-refractivity contribution < 1.29 is 9.13 Å². The predicted octanol–water partition coefficient (Wildman–Crippen LogP) is 6.12. The van der Waals surface area contributed by atoms with Crippen molar-refractivity contribution in [2.24, 2.45) is 0 Å². The molecular formula is C22H18FIN2O. The number of ether oxygens (including phenoxy) is 1. The molecule has 0 aliphatic heterocycles. The zero-order valence-corrected chi connectivity index (χ0v) is 17.0. The van der Waals surface area contributed by atoms with E-state index in [0.29, 0.717) is 17.7 Å². The summed E-state index contributed by atoms with van der Waals surface area (Å²) in [6, 6.07) is 19.6. The maximum atomic E-state index is 15.0. The Bertz CT molecular complexity index is 1090. The summed E-state index contributed by atoms with van der Waals surface area (Å²) in [4.78, 5) is 0. The number of hydrogen-bond acceptors (Lipinski definition) is 2. The third kappa shape index (κ3) is 3.56. The van der Waals surface area contributed by atoms with Gasteiger partial charge in [-0.05, 0) is 63.9 Å². The normalized spacial score (nSPS) is 11.1. The number of benzene rings is 3. The molecule has 1 heterocycles. The molecule has 136 valence electrons. The summed E-state index contributed by atoms with van der Waals surface area (Å²) >= 11 is 2.10. The van der Waals surface area contributed by atoms with E-state index in [0.717, 1.165) is 37.9 Å². The molecule has 0 aliphatic carbocycles. The summed E-state index contributed by atoms with van der Waals surface area (Å²) in [6.45, 7) is 2.58. The van der Waals surface area contributed by atoms with E-state index >= 15 is 4.39 Å². The molecule has 0 fully saturated rings. The molecule has 0 saturated heterocycles. The number of rotatable bonds is 5. The van der Waals surface area contributed by atoms with E-state index in [-0.39, 0.29) is 5.82 Å². The van der Waals surface area contributed by atoms with Crippen molar-refractivity contribution in [3.63, 3.8) is 0 Å². The van der Waals surface area contributed by atoms with Crippen LogP contribution in [0.1, 0.15) is 18.1 Å². The van der Waals surface area contributed by atoms with Crippen LogP contribution in [0.3, 0.4) is 0 Å². The Morgan fingerprint density at radius 1 is 1.04 bits per heavy atom. The first-order chi connectivity index (χ1) is 13.2. The van der Waals surface area contributed by atoms with Gasteiger partial charge in [0.25, 0.3) is 0 Å². The zero-order chi connectivity index (χ0) is 18.8. The highest BCUT2D eigenvalue weighted by Crippen LogP contribution is 2.33. The fourth-order valence-corrected chi connectivity index (χ4v) is 3.76. The molecule has 5 heteroatoms. The molecule has 1 N–H and O–H groups in total. The second kappa shape index (κ2) is 7.68. The largest absolute Gasteiger partial charge is 0.489 e. The quantitative estimate of drug-likeness (QED) is 0.356. The van der Waals surface area contributed by atoms with E-state index in [4.69, 9.17) is 4.74 Å². The van der Waals surface area contributed by atoms with Crippen LogP contribution in [-0.2, 0) is 13.0 Å². The first-order valence-electron chi connectivity index (χ1n) is 8.79. The van der Waals surface area contributed by atoms with E-state index in [1.54, 1.807) is 0 Å². The fraction of sp³-hybridized carbons (Fsp3) is 0.136. The van der Waals surface area contributed by atoms with E-state index in [2.05, 4.69) is 39.7 Å².